The van der Waals surface area contributed by atoms with Crippen LogP contribution in [0.4, 0.5) is 0 Å². The lowest BCUT2D eigenvalue weighted by Gasteiger charge is -2.19. The van der Waals surface area contributed by atoms with Gasteiger partial charge in [-0.2, -0.15) is 0 Å². The first kappa shape index (κ1) is 13.2. The lowest BCUT2D eigenvalue weighted by Crippen LogP contribution is -2.30. The van der Waals surface area contributed by atoms with E-state index in [1.807, 2.05) is 6.07 Å². The van der Waals surface area contributed by atoms with Gasteiger partial charge in [-0.05, 0) is 31.5 Å². The molecule has 100 valence electrons. The molecule has 6 heteroatoms. The summed E-state index contributed by atoms with van der Waals surface area (Å²) in [4.78, 5) is 0. The van der Waals surface area contributed by atoms with Gasteiger partial charge in [-0.25, -0.2) is 13.1 Å². The van der Waals surface area contributed by atoms with Crippen molar-refractivity contribution in [2.45, 2.75) is 25.6 Å². The van der Waals surface area contributed by atoms with E-state index in [0.717, 1.165) is 5.56 Å². The van der Waals surface area contributed by atoms with Crippen molar-refractivity contribution in [2.24, 2.45) is 0 Å². The van der Waals surface area contributed by atoms with Crippen molar-refractivity contribution in [3.05, 3.63) is 23.8 Å². The van der Waals surface area contributed by atoms with Crippen molar-refractivity contribution in [3.8, 4) is 11.5 Å². The highest BCUT2D eigenvalue weighted by Crippen LogP contribution is 2.30. The van der Waals surface area contributed by atoms with Crippen LogP contribution in [0.25, 0.3) is 0 Å². The Morgan fingerprint density at radius 1 is 1.22 bits per heavy atom. The van der Waals surface area contributed by atoms with Crippen LogP contribution in [0, 0.1) is 0 Å². The van der Waals surface area contributed by atoms with E-state index in [4.69, 9.17) is 9.47 Å². The van der Waals surface area contributed by atoms with Crippen LogP contribution in [0.5, 0.6) is 11.5 Å². The minimum Gasteiger partial charge on any atom is -0.486 e. The molecule has 1 aromatic carbocycles. The molecule has 0 atom stereocenters. The zero-order chi connectivity index (χ0) is 13.2. The van der Waals surface area contributed by atoms with E-state index in [1.54, 1.807) is 26.0 Å². The number of nitrogens with one attached hydrogen (secondary N) is 1. The number of ether oxygens (including phenoxy) is 2. The van der Waals surface area contributed by atoms with Crippen molar-refractivity contribution in [2.75, 3.05) is 13.2 Å². The van der Waals surface area contributed by atoms with E-state index in [1.165, 1.54) is 0 Å². The largest absolute Gasteiger partial charge is 0.486 e. The highest BCUT2D eigenvalue weighted by Gasteiger charge is 2.16. The van der Waals surface area contributed by atoms with Crippen LogP contribution in [0.15, 0.2) is 18.2 Å². The average molecular weight is 271 g/mol. The van der Waals surface area contributed by atoms with Gasteiger partial charge in [-0.1, -0.05) is 6.07 Å². The summed E-state index contributed by atoms with van der Waals surface area (Å²) in [7, 11) is -3.24. The van der Waals surface area contributed by atoms with Crippen LogP contribution in [0.3, 0.4) is 0 Å². The fourth-order valence-electron chi connectivity index (χ4n) is 1.55. The average Bonchev–Trinajstić information content (AvgIpc) is 2.36. The molecule has 5 nitrogen and oxygen atoms in total. The van der Waals surface area contributed by atoms with Gasteiger partial charge in [0.15, 0.2) is 11.5 Å². The second-order valence-electron chi connectivity index (χ2n) is 4.39. The molecule has 1 aromatic rings. The van der Waals surface area contributed by atoms with Crippen LogP contribution in [0.1, 0.15) is 19.4 Å². The standard InChI is InChI=1S/C12H17NO4S/c1-9(2)18(14,15)13-8-10-3-4-11-12(7-10)17-6-5-16-11/h3-4,7,9,13H,5-6,8H2,1-2H3. The molecule has 0 fully saturated rings. The fourth-order valence-corrected chi connectivity index (χ4v) is 2.25. The molecule has 1 heterocycles. The molecule has 1 aliphatic rings. The van der Waals surface area contributed by atoms with Gasteiger partial charge in [0.25, 0.3) is 0 Å². The highest BCUT2D eigenvalue weighted by molar-refractivity contribution is 7.90. The van der Waals surface area contributed by atoms with Crippen molar-refractivity contribution < 1.29 is 17.9 Å². The highest BCUT2D eigenvalue weighted by atomic mass is 32.2. The molecule has 0 saturated heterocycles. The summed E-state index contributed by atoms with van der Waals surface area (Å²) in [5.74, 6) is 1.37. The Labute approximate surface area is 107 Å². The molecule has 1 N–H and O–H groups in total. The molecular formula is C12H17NO4S. The zero-order valence-corrected chi connectivity index (χ0v) is 11.3. The number of benzene rings is 1. The first-order valence-corrected chi connectivity index (χ1v) is 7.40. The Hall–Kier alpha value is -1.27. The monoisotopic (exact) mass is 271 g/mol. The molecule has 18 heavy (non-hydrogen) atoms. The minimum absolute atomic E-state index is 0.261. The van der Waals surface area contributed by atoms with E-state index in [0.29, 0.717) is 24.7 Å². The van der Waals surface area contributed by atoms with Crippen molar-refractivity contribution >= 4 is 10.0 Å². The number of rotatable bonds is 4. The Balaban J connectivity index is 2.07. The molecule has 0 aliphatic carbocycles. The maximum atomic E-state index is 11.6. The maximum Gasteiger partial charge on any atom is 0.214 e. The Morgan fingerprint density at radius 2 is 1.89 bits per heavy atom. The second-order valence-corrected chi connectivity index (χ2v) is 6.71. The maximum absolute atomic E-state index is 11.6. The molecule has 0 aromatic heterocycles. The molecular weight excluding hydrogens is 254 g/mol. The molecule has 0 saturated carbocycles. The minimum atomic E-state index is -3.24. The van der Waals surface area contributed by atoms with Gasteiger partial charge >= 0.3 is 0 Å². The van der Waals surface area contributed by atoms with Crippen molar-refractivity contribution in [1.29, 1.82) is 0 Å². The van der Waals surface area contributed by atoms with Crippen LogP contribution < -0.4 is 14.2 Å². The van der Waals surface area contributed by atoms with E-state index < -0.39 is 15.3 Å². The third kappa shape index (κ3) is 2.94. The molecule has 1 aliphatic heterocycles. The number of hydrogen-bond acceptors (Lipinski definition) is 4. The second kappa shape index (κ2) is 5.16. The first-order valence-electron chi connectivity index (χ1n) is 5.86. The third-order valence-electron chi connectivity index (χ3n) is 2.70. The predicted molar refractivity (Wildman–Crippen MR) is 68.3 cm³/mol. The number of sulfonamides is 1. The summed E-state index contributed by atoms with van der Waals surface area (Å²) in [5.41, 5.74) is 0.850. The fraction of sp³-hybridized carbons (Fsp3) is 0.500. The van der Waals surface area contributed by atoms with Gasteiger partial charge in [0.05, 0.1) is 5.25 Å². The van der Waals surface area contributed by atoms with Crippen LogP contribution in [-0.4, -0.2) is 26.9 Å². The number of hydrogen-bond donors (Lipinski definition) is 1. The SMILES string of the molecule is CC(C)S(=O)(=O)NCc1ccc2c(c1)OCCO2. The molecule has 0 unspecified atom stereocenters. The topological polar surface area (TPSA) is 64.6 Å². The smallest absolute Gasteiger partial charge is 0.214 e. The Kier molecular flexibility index (Phi) is 3.77. The lowest BCUT2D eigenvalue weighted by molar-refractivity contribution is 0.171. The summed E-state index contributed by atoms with van der Waals surface area (Å²) in [6.07, 6.45) is 0. The van der Waals surface area contributed by atoms with Crippen molar-refractivity contribution in [1.82, 2.24) is 4.72 Å². The quantitative estimate of drug-likeness (QED) is 0.896. The van der Waals surface area contributed by atoms with Gasteiger partial charge in [0, 0.05) is 6.54 Å². The van der Waals surface area contributed by atoms with E-state index in [-0.39, 0.29) is 6.54 Å². The van der Waals surface area contributed by atoms with Crippen LogP contribution in [0.2, 0.25) is 0 Å². The van der Waals surface area contributed by atoms with Gasteiger partial charge in [0.2, 0.25) is 10.0 Å². The zero-order valence-electron chi connectivity index (χ0n) is 10.5. The normalized spacial score (nSPS) is 14.8. The first-order chi connectivity index (χ1) is 8.49. The van der Waals surface area contributed by atoms with E-state index >= 15 is 0 Å². The predicted octanol–water partition coefficient (Wildman–Crippen LogP) is 1.29. The summed E-state index contributed by atoms with van der Waals surface area (Å²) < 4.78 is 36.6. The van der Waals surface area contributed by atoms with Gasteiger partial charge in [-0.3, -0.25) is 0 Å². The Bertz CT molecular complexity index is 525. The molecule has 0 amide bonds. The molecule has 0 radical (unpaired) electrons. The van der Waals surface area contributed by atoms with E-state index in [9.17, 15) is 8.42 Å². The lowest BCUT2D eigenvalue weighted by atomic mass is 10.2. The van der Waals surface area contributed by atoms with Gasteiger partial charge < -0.3 is 9.47 Å². The number of fused-ring (bicyclic) bond motifs is 1. The van der Waals surface area contributed by atoms with Crippen molar-refractivity contribution in [3.63, 3.8) is 0 Å². The van der Waals surface area contributed by atoms with E-state index in [2.05, 4.69) is 4.72 Å². The van der Waals surface area contributed by atoms with Gasteiger partial charge in [0.1, 0.15) is 13.2 Å². The summed E-state index contributed by atoms with van der Waals surface area (Å²) >= 11 is 0. The van der Waals surface area contributed by atoms with Crippen LogP contribution >= 0.6 is 0 Å². The molecule has 0 bridgehead atoms. The summed E-state index contributed by atoms with van der Waals surface area (Å²) in [6.45, 7) is 4.62. The summed E-state index contributed by atoms with van der Waals surface area (Å²) in [6, 6.07) is 5.43. The molecule has 2 rings (SSSR count). The third-order valence-corrected chi connectivity index (χ3v) is 4.49. The Morgan fingerprint density at radius 3 is 2.56 bits per heavy atom. The summed E-state index contributed by atoms with van der Waals surface area (Å²) in [5, 5.41) is -0.435. The van der Waals surface area contributed by atoms with Gasteiger partial charge in [-0.15, -0.1) is 0 Å². The molecule has 0 spiro atoms. The van der Waals surface area contributed by atoms with Crippen LogP contribution in [-0.2, 0) is 16.6 Å².